The molecule has 0 spiro atoms. The summed E-state index contributed by atoms with van der Waals surface area (Å²) in [7, 11) is 0. The van der Waals surface area contributed by atoms with Crippen LogP contribution in [0.1, 0.15) is 52.4 Å². The zero-order valence-corrected chi connectivity index (χ0v) is 8.08. The van der Waals surface area contributed by atoms with E-state index in [0.717, 1.165) is 0 Å². The Hall–Kier alpha value is -0.600. The second-order valence-electron chi connectivity index (χ2n) is 3.50. The molecule has 12 heavy (non-hydrogen) atoms. The summed E-state index contributed by atoms with van der Waals surface area (Å²) in [5.74, 6) is 0. The van der Waals surface area contributed by atoms with Crippen molar-refractivity contribution < 1.29 is 4.92 Å². The van der Waals surface area contributed by atoms with Crippen LogP contribution in [-0.4, -0.2) is 11.0 Å². The molecule has 0 amide bonds. The number of nitro groups is 1. The third kappa shape index (κ3) is 7.51. The van der Waals surface area contributed by atoms with Crippen LogP contribution in [0.4, 0.5) is 0 Å². The molecular formula is C9H19NO2. The van der Waals surface area contributed by atoms with Crippen LogP contribution in [0, 0.1) is 10.1 Å². The zero-order chi connectivity index (χ0) is 9.40. The highest BCUT2D eigenvalue weighted by molar-refractivity contribution is 4.51. The first-order valence-electron chi connectivity index (χ1n) is 4.78. The molecule has 3 heteroatoms. The van der Waals surface area contributed by atoms with Crippen molar-refractivity contribution in [1.82, 2.24) is 0 Å². The predicted octanol–water partition coefficient (Wildman–Crippen LogP) is 3.01. The van der Waals surface area contributed by atoms with Gasteiger partial charge in [-0.2, -0.15) is 0 Å². The van der Waals surface area contributed by atoms with Crippen molar-refractivity contribution in [2.75, 3.05) is 0 Å². The minimum atomic E-state index is -0.426. The molecule has 1 aliphatic carbocycles. The number of rotatable bonds is 1. The Morgan fingerprint density at radius 3 is 1.25 bits per heavy atom. The SMILES string of the molecule is C1CCCCC1.CC(C)[N+](=O)[O-]. The first-order valence-corrected chi connectivity index (χ1v) is 4.78. The molecule has 1 saturated carbocycles. The third-order valence-corrected chi connectivity index (χ3v) is 1.92. The lowest BCUT2D eigenvalue weighted by atomic mass is 10.0. The number of nitrogens with zero attached hydrogens (tertiary/aromatic N) is 1. The van der Waals surface area contributed by atoms with Crippen LogP contribution >= 0.6 is 0 Å². The lowest BCUT2D eigenvalue weighted by molar-refractivity contribution is -0.513. The molecule has 0 aromatic heterocycles. The highest BCUT2D eigenvalue weighted by atomic mass is 16.6. The van der Waals surface area contributed by atoms with Crippen LogP contribution in [0.3, 0.4) is 0 Å². The van der Waals surface area contributed by atoms with Gasteiger partial charge in [0.2, 0.25) is 6.04 Å². The largest absolute Gasteiger partial charge is 0.264 e. The van der Waals surface area contributed by atoms with Crippen molar-refractivity contribution in [2.24, 2.45) is 0 Å². The third-order valence-electron chi connectivity index (χ3n) is 1.92. The van der Waals surface area contributed by atoms with E-state index in [1.54, 1.807) is 13.8 Å². The maximum Gasteiger partial charge on any atom is 0.207 e. The van der Waals surface area contributed by atoms with E-state index in [4.69, 9.17) is 0 Å². The second-order valence-corrected chi connectivity index (χ2v) is 3.50. The maximum absolute atomic E-state index is 9.50. The quantitative estimate of drug-likeness (QED) is 0.452. The van der Waals surface area contributed by atoms with Gasteiger partial charge >= 0.3 is 0 Å². The number of hydrogen-bond donors (Lipinski definition) is 0. The Labute approximate surface area is 74.3 Å². The van der Waals surface area contributed by atoms with Crippen LogP contribution in [0.5, 0.6) is 0 Å². The highest BCUT2D eigenvalue weighted by Gasteiger charge is 1.99. The first kappa shape index (κ1) is 11.4. The molecule has 1 rings (SSSR count). The van der Waals surface area contributed by atoms with Crippen LogP contribution in [0.15, 0.2) is 0 Å². The number of hydrogen-bond acceptors (Lipinski definition) is 2. The molecule has 1 fully saturated rings. The van der Waals surface area contributed by atoms with Gasteiger partial charge in [-0.3, -0.25) is 10.1 Å². The smallest absolute Gasteiger partial charge is 0.207 e. The van der Waals surface area contributed by atoms with E-state index in [1.807, 2.05) is 0 Å². The van der Waals surface area contributed by atoms with Gasteiger partial charge in [0.1, 0.15) is 0 Å². The Kier molecular flexibility index (Phi) is 6.72. The molecule has 1 aliphatic rings. The van der Waals surface area contributed by atoms with E-state index in [9.17, 15) is 10.1 Å². The molecule has 0 radical (unpaired) electrons. The van der Waals surface area contributed by atoms with E-state index in [0.29, 0.717) is 0 Å². The van der Waals surface area contributed by atoms with Crippen molar-refractivity contribution in [3.05, 3.63) is 10.1 Å². The van der Waals surface area contributed by atoms with Gasteiger partial charge in [-0.25, -0.2) is 0 Å². The minimum absolute atomic E-state index is 0.333. The van der Waals surface area contributed by atoms with Crippen molar-refractivity contribution >= 4 is 0 Å². The average molecular weight is 173 g/mol. The van der Waals surface area contributed by atoms with Gasteiger partial charge in [0.25, 0.3) is 0 Å². The lowest BCUT2D eigenvalue weighted by Crippen LogP contribution is -2.08. The summed E-state index contributed by atoms with van der Waals surface area (Å²) >= 11 is 0. The van der Waals surface area contributed by atoms with Crippen molar-refractivity contribution in [3.8, 4) is 0 Å². The molecule has 0 unspecified atom stereocenters. The summed E-state index contributed by atoms with van der Waals surface area (Å²) in [6.45, 7) is 3.08. The van der Waals surface area contributed by atoms with Crippen LogP contribution in [-0.2, 0) is 0 Å². The van der Waals surface area contributed by atoms with Crippen molar-refractivity contribution in [1.29, 1.82) is 0 Å². The fraction of sp³-hybridized carbons (Fsp3) is 1.00. The molecular weight excluding hydrogens is 154 g/mol. The van der Waals surface area contributed by atoms with Gasteiger partial charge in [0.15, 0.2) is 0 Å². The fourth-order valence-electron chi connectivity index (χ4n) is 1.06. The Balaban J connectivity index is 0.000000202. The average Bonchev–Trinajstić information content (AvgIpc) is 2.08. The van der Waals surface area contributed by atoms with E-state index in [2.05, 4.69) is 0 Å². The monoisotopic (exact) mass is 173 g/mol. The Morgan fingerprint density at radius 2 is 1.17 bits per heavy atom. The maximum atomic E-state index is 9.50. The van der Waals surface area contributed by atoms with Crippen molar-refractivity contribution in [2.45, 2.75) is 58.4 Å². The molecule has 0 aromatic carbocycles. The van der Waals surface area contributed by atoms with E-state index < -0.39 is 6.04 Å². The van der Waals surface area contributed by atoms with Crippen LogP contribution in [0.2, 0.25) is 0 Å². The summed E-state index contributed by atoms with van der Waals surface area (Å²) in [5.41, 5.74) is 0. The van der Waals surface area contributed by atoms with Gasteiger partial charge in [-0.1, -0.05) is 38.5 Å². The molecule has 0 saturated heterocycles. The molecule has 0 atom stereocenters. The summed E-state index contributed by atoms with van der Waals surface area (Å²) in [6.07, 6.45) is 9.00. The van der Waals surface area contributed by atoms with Crippen LogP contribution < -0.4 is 0 Å². The summed E-state index contributed by atoms with van der Waals surface area (Å²) in [5, 5.41) is 9.50. The summed E-state index contributed by atoms with van der Waals surface area (Å²) in [6, 6.07) is -0.426. The lowest BCUT2D eigenvalue weighted by Gasteiger charge is -2.05. The van der Waals surface area contributed by atoms with Gasteiger partial charge in [-0.05, 0) is 0 Å². The van der Waals surface area contributed by atoms with Crippen LogP contribution in [0.25, 0.3) is 0 Å². The molecule has 0 N–H and O–H groups in total. The minimum Gasteiger partial charge on any atom is -0.264 e. The van der Waals surface area contributed by atoms with E-state index in [-0.39, 0.29) is 4.92 Å². The van der Waals surface area contributed by atoms with Gasteiger partial charge in [0.05, 0.1) is 0 Å². The summed E-state index contributed by atoms with van der Waals surface area (Å²) in [4.78, 5) is 9.17. The topological polar surface area (TPSA) is 43.1 Å². The second kappa shape index (κ2) is 7.07. The van der Waals surface area contributed by atoms with E-state index in [1.165, 1.54) is 38.5 Å². The van der Waals surface area contributed by atoms with Gasteiger partial charge in [-0.15, -0.1) is 0 Å². The fourth-order valence-corrected chi connectivity index (χ4v) is 1.06. The van der Waals surface area contributed by atoms with E-state index >= 15 is 0 Å². The standard InChI is InChI=1S/C6H12.C3H7NO2/c1-2-4-6-5-3-1;1-3(2)4(5)6/h1-6H2;3H,1-2H3. The molecule has 72 valence electrons. The van der Waals surface area contributed by atoms with Gasteiger partial charge in [0, 0.05) is 18.8 Å². The first-order chi connectivity index (χ1) is 5.64. The van der Waals surface area contributed by atoms with Gasteiger partial charge < -0.3 is 0 Å². The Morgan fingerprint density at radius 1 is 1.00 bits per heavy atom. The molecule has 0 bridgehead atoms. The normalized spacial score (nSPS) is 16.6. The molecule has 0 aromatic rings. The predicted molar refractivity (Wildman–Crippen MR) is 49.8 cm³/mol. The highest BCUT2D eigenvalue weighted by Crippen LogP contribution is 2.15. The molecule has 0 aliphatic heterocycles. The summed E-state index contributed by atoms with van der Waals surface area (Å²) < 4.78 is 0. The Bertz CT molecular complexity index is 108. The zero-order valence-electron chi connectivity index (χ0n) is 8.08. The van der Waals surface area contributed by atoms with Crippen molar-refractivity contribution in [3.63, 3.8) is 0 Å². The molecule has 0 heterocycles. The molecule has 3 nitrogen and oxygen atoms in total.